The summed E-state index contributed by atoms with van der Waals surface area (Å²) in [4.78, 5) is 10.6. The minimum absolute atomic E-state index is 0.271. The van der Waals surface area contributed by atoms with Crippen molar-refractivity contribution in [3.63, 3.8) is 0 Å². The lowest BCUT2D eigenvalue weighted by molar-refractivity contribution is 0.0939. The van der Waals surface area contributed by atoms with Gasteiger partial charge >= 0.3 is 0 Å². The zero-order valence-electron chi connectivity index (χ0n) is 5.75. The van der Waals surface area contributed by atoms with E-state index in [0.29, 0.717) is 0 Å². The zero-order chi connectivity index (χ0) is 9.14. The summed E-state index contributed by atoms with van der Waals surface area (Å²) in [7, 11) is 0. The standard InChI is InChI=1S/C5H5F2N3O2/c6-4(7)3-1-2(10-12-3)5(11)9-8/h1,4H,8H2,(H,9,11). The molecule has 0 bridgehead atoms. The average Bonchev–Trinajstić information content (AvgIpc) is 2.51. The smallest absolute Gasteiger partial charge is 0.298 e. The number of rotatable bonds is 2. The van der Waals surface area contributed by atoms with E-state index in [4.69, 9.17) is 5.84 Å². The molecule has 0 fully saturated rings. The topological polar surface area (TPSA) is 81.1 Å². The molecular formula is C5H5F2N3O2. The largest absolute Gasteiger partial charge is 0.354 e. The van der Waals surface area contributed by atoms with Crippen LogP contribution in [-0.2, 0) is 0 Å². The number of nitrogens with two attached hydrogens (primary N) is 1. The summed E-state index contributed by atoms with van der Waals surface area (Å²) in [6, 6.07) is 0.826. The fourth-order valence-electron chi connectivity index (χ4n) is 0.573. The summed E-state index contributed by atoms with van der Waals surface area (Å²) < 4.78 is 27.8. The molecule has 0 saturated carbocycles. The average molecular weight is 177 g/mol. The molecular weight excluding hydrogens is 172 g/mol. The third-order valence-corrected chi connectivity index (χ3v) is 1.11. The number of nitrogens with zero attached hydrogens (tertiary/aromatic N) is 1. The van der Waals surface area contributed by atoms with Crippen LogP contribution in [0.4, 0.5) is 8.78 Å². The number of amides is 1. The maximum absolute atomic E-state index is 11.9. The number of carbonyl (C=O) groups is 1. The fourth-order valence-corrected chi connectivity index (χ4v) is 0.573. The molecule has 0 saturated heterocycles. The first-order valence-corrected chi connectivity index (χ1v) is 2.91. The van der Waals surface area contributed by atoms with Gasteiger partial charge in [-0.05, 0) is 0 Å². The molecule has 5 nitrogen and oxygen atoms in total. The number of halogens is 2. The van der Waals surface area contributed by atoms with Crippen molar-refractivity contribution in [3.8, 4) is 0 Å². The Kier molecular flexibility index (Phi) is 2.34. The summed E-state index contributed by atoms with van der Waals surface area (Å²) in [6.07, 6.45) is -2.78. The van der Waals surface area contributed by atoms with Crippen molar-refractivity contribution in [2.75, 3.05) is 0 Å². The van der Waals surface area contributed by atoms with Crippen molar-refractivity contribution in [2.45, 2.75) is 6.43 Å². The fraction of sp³-hybridized carbons (Fsp3) is 0.200. The van der Waals surface area contributed by atoms with Crippen molar-refractivity contribution in [1.29, 1.82) is 0 Å². The number of carbonyl (C=O) groups excluding carboxylic acids is 1. The molecule has 1 aromatic rings. The number of hydrogen-bond donors (Lipinski definition) is 2. The third kappa shape index (κ3) is 1.56. The molecule has 0 atom stereocenters. The number of alkyl halides is 2. The van der Waals surface area contributed by atoms with Crippen LogP contribution in [0.3, 0.4) is 0 Å². The van der Waals surface area contributed by atoms with Gasteiger partial charge in [0.1, 0.15) is 0 Å². The quantitative estimate of drug-likeness (QED) is 0.384. The first kappa shape index (κ1) is 8.60. The van der Waals surface area contributed by atoms with E-state index < -0.39 is 18.1 Å². The van der Waals surface area contributed by atoms with Crippen molar-refractivity contribution >= 4 is 5.91 Å². The number of aromatic nitrogens is 1. The van der Waals surface area contributed by atoms with Crippen LogP contribution in [0.1, 0.15) is 22.7 Å². The van der Waals surface area contributed by atoms with Crippen molar-refractivity contribution in [2.24, 2.45) is 5.84 Å². The maximum atomic E-state index is 11.9. The Hall–Kier alpha value is -1.50. The zero-order valence-corrected chi connectivity index (χ0v) is 5.75. The molecule has 1 rings (SSSR count). The van der Waals surface area contributed by atoms with E-state index in [9.17, 15) is 13.6 Å². The monoisotopic (exact) mass is 177 g/mol. The van der Waals surface area contributed by atoms with E-state index in [-0.39, 0.29) is 5.69 Å². The van der Waals surface area contributed by atoms with Gasteiger partial charge in [-0.3, -0.25) is 10.2 Å². The first-order chi connectivity index (χ1) is 5.65. The van der Waals surface area contributed by atoms with E-state index in [1.54, 1.807) is 5.43 Å². The van der Waals surface area contributed by atoms with Crippen LogP contribution in [0.25, 0.3) is 0 Å². The number of hydrogen-bond acceptors (Lipinski definition) is 4. The second kappa shape index (κ2) is 3.26. The minimum Gasteiger partial charge on any atom is -0.354 e. The molecule has 12 heavy (non-hydrogen) atoms. The van der Waals surface area contributed by atoms with Crippen LogP contribution in [0.2, 0.25) is 0 Å². The lowest BCUT2D eigenvalue weighted by atomic mass is 10.3. The molecule has 0 unspecified atom stereocenters. The van der Waals surface area contributed by atoms with E-state index in [1.807, 2.05) is 0 Å². The van der Waals surface area contributed by atoms with Gasteiger partial charge in [0.15, 0.2) is 5.69 Å². The molecule has 1 aromatic heterocycles. The van der Waals surface area contributed by atoms with Crippen LogP contribution in [-0.4, -0.2) is 11.1 Å². The van der Waals surface area contributed by atoms with Gasteiger partial charge in [0.25, 0.3) is 12.3 Å². The van der Waals surface area contributed by atoms with Gasteiger partial charge in [0, 0.05) is 6.07 Å². The summed E-state index contributed by atoms with van der Waals surface area (Å²) in [5, 5.41) is 3.06. The van der Waals surface area contributed by atoms with Gasteiger partial charge in [0.2, 0.25) is 5.76 Å². The van der Waals surface area contributed by atoms with Crippen LogP contribution in [0, 0.1) is 0 Å². The highest BCUT2D eigenvalue weighted by Gasteiger charge is 2.17. The molecule has 1 amide bonds. The number of hydrazine groups is 1. The lowest BCUT2D eigenvalue weighted by Crippen LogP contribution is -2.30. The summed E-state index contributed by atoms with van der Waals surface area (Å²) in [6.45, 7) is 0. The Labute approximate surface area is 65.5 Å². The maximum Gasteiger partial charge on any atom is 0.298 e. The van der Waals surface area contributed by atoms with Crippen LogP contribution >= 0.6 is 0 Å². The number of nitrogens with one attached hydrogen (secondary N) is 1. The van der Waals surface area contributed by atoms with E-state index in [0.717, 1.165) is 6.07 Å². The SMILES string of the molecule is NNC(=O)c1cc(C(F)F)on1. The predicted octanol–water partition coefficient (Wildman–Crippen LogP) is 0.216. The van der Waals surface area contributed by atoms with Crippen LogP contribution < -0.4 is 11.3 Å². The van der Waals surface area contributed by atoms with E-state index in [1.165, 1.54) is 0 Å². The molecule has 1 heterocycles. The molecule has 0 aliphatic rings. The first-order valence-electron chi connectivity index (χ1n) is 2.91. The van der Waals surface area contributed by atoms with Gasteiger partial charge in [-0.25, -0.2) is 14.6 Å². The highest BCUT2D eigenvalue weighted by atomic mass is 19.3. The Bertz CT molecular complexity index is 286. The highest BCUT2D eigenvalue weighted by Crippen LogP contribution is 2.18. The normalized spacial score (nSPS) is 10.3. The second-order valence-electron chi connectivity index (χ2n) is 1.89. The molecule has 0 radical (unpaired) electrons. The molecule has 0 aromatic carbocycles. The summed E-state index contributed by atoms with van der Waals surface area (Å²) >= 11 is 0. The molecule has 7 heteroatoms. The number of nitrogen functional groups attached to an aromatic ring is 1. The van der Waals surface area contributed by atoms with Gasteiger partial charge in [-0.15, -0.1) is 0 Å². The van der Waals surface area contributed by atoms with Gasteiger partial charge in [-0.2, -0.15) is 0 Å². The molecule has 0 aliphatic carbocycles. The van der Waals surface area contributed by atoms with E-state index >= 15 is 0 Å². The summed E-state index contributed by atoms with van der Waals surface area (Å²) in [5.41, 5.74) is 1.46. The van der Waals surface area contributed by atoms with Crippen molar-refractivity contribution in [3.05, 3.63) is 17.5 Å². The molecule has 66 valence electrons. The highest BCUT2D eigenvalue weighted by molar-refractivity contribution is 5.91. The van der Waals surface area contributed by atoms with Gasteiger partial charge in [-0.1, -0.05) is 5.16 Å². The molecule has 0 aliphatic heterocycles. The Morgan fingerprint density at radius 1 is 1.75 bits per heavy atom. The molecule has 0 spiro atoms. The third-order valence-electron chi connectivity index (χ3n) is 1.11. The van der Waals surface area contributed by atoms with E-state index in [2.05, 4.69) is 9.68 Å². The van der Waals surface area contributed by atoms with Crippen LogP contribution in [0.15, 0.2) is 10.6 Å². The van der Waals surface area contributed by atoms with Crippen molar-refractivity contribution in [1.82, 2.24) is 10.6 Å². The minimum atomic E-state index is -2.78. The second-order valence-corrected chi connectivity index (χ2v) is 1.89. The van der Waals surface area contributed by atoms with Crippen molar-refractivity contribution < 1.29 is 18.1 Å². The molecule has 3 N–H and O–H groups in total. The Morgan fingerprint density at radius 2 is 2.42 bits per heavy atom. The Morgan fingerprint density at radius 3 is 2.83 bits per heavy atom. The summed E-state index contributed by atoms with van der Waals surface area (Å²) in [5.74, 6) is 3.29. The van der Waals surface area contributed by atoms with Gasteiger partial charge < -0.3 is 4.52 Å². The Balaban J connectivity index is 2.84. The van der Waals surface area contributed by atoms with Gasteiger partial charge in [0.05, 0.1) is 0 Å². The lowest BCUT2D eigenvalue weighted by Gasteiger charge is -1.89. The van der Waals surface area contributed by atoms with Crippen LogP contribution in [0.5, 0.6) is 0 Å². The predicted molar refractivity (Wildman–Crippen MR) is 33.1 cm³/mol.